The molecular formula is C18H19BrClN. The van der Waals surface area contributed by atoms with E-state index in [0.29, 0.717) is 18.0 Å². The first-order valence-electron chi connectivity index (χ1n) is 7.39. The molecule has 3 rings (SSSR count). The molecule has 1 N–H and O–H groups in total. The third-order valence-electron chi connectivity index (χ3n) is 4.32. The summed E-state index contributed by atoms with van der Waals surface area (Å²) in [5.74, 6) is 0.671. The summed E-state index contributed by atoms with van der Waals surface area (Å²) in [5, 5.41) is 4.51. The lowest BCUT2D eigenvalue weighted by atomic mass is 9.75. The van der Waals surface area contributed by atoms with Gasteiger partial charge in [0.15, 0.2) is 0 Å². The van der Waals surface area contributed by atoms with Crippen molar-refractivity contribution in [2.45, 2.75) is 37.8 Å². The predicted octanol–water partition coefficient (Wildman–Crippen LogP) is 5.70. The molecule has 3 heteroatoms. The largest absolute Gasteiger partial charge is 0.307 e. The van der Waals surface area contributed by atoms with E-state index in [1.54, 1.807) is 0 Å². The van der Waals surface area contributed by atoms with Crippen LogP contribution in [0.15, 0.2) is 53.0 Å². The van der Waals surface area contributed by atoms with Crippen LogP contribution in [0.5, 0.6) is 0 Å². The zero-order valence-corrected chi connectivity index (χ0v) is 14.4. The quantitative estimate of drug-likeness (QED) is 0.734. The summed E-state index contributed by atoms with van der Waals surface area (Å²) < 4.78 is 1.23. The highest BCUT2D eigenvalue weighted by molar-refractivity contribution is 9.10. The first kappa shape index (κ1) is 15.1. The first-order valence-corrected chi connectivity index (χ1v) is 8.56. The second-order valence-electron chi connectivity index (χ2n) is 5.83. The lowest BCUT2D eigenvalue weighted by molar-refractivity contribution is 0.270. The van der Waals surface area contributed by atoms with Crippen LogP contribution in [0.4, 0.5) is 0 Å². The van der Waals surface area contributed by atoms with Crippen LogP contribution in [0.1, 0.15) is 42.9 Å². The molecular weight excluding hydrogens is 346 g/mol. The Kier molecular flexibility index (Phi) is 4.68. The maximum absolute atomic E-state index is 6.06. The summed E-state index contributed by atoms with van der Waals surface area (Å²) in [6, 6.07) is 17.6. The van der Waals surface area contributed by atoms with Crippen LogP contribution in [-0.4, -0.2) is 6.04 Å². The minimum Gasteiger partial charge on any atom is -0.307 e. The number of benzene rings is 2. The van der Waals surface area contributed by atoms with Gasteiger partial charge in [-0.15, -0.1) is 0 Å². The van der Waals surface area contributed by atoms with Crippen LogP contribution in [-0.2, 0) is 0 Å². The summed E-state index contributed by atoms with van der Waals surface area (Å²) >= 11 is 9.71. The van der Waals surface area contributed by atoms with Gasteiger partial charge in [0.2, 0.25) is 0 Å². The first-order chi connectivity index (χ1) is 10.1. The molecule has 2 aromatic carbocycles. The minimum absolute atomic E-state index is 0.342. The third-order valence-corrected chi connectivity index (χ3v) is 5.27. The third kappa shape index (κ3) is 3.50. The number of hydrogen-bond donors (Lipinski definition) is 1. The number of rotatable bonds is 4. The Hall–Kier alpha value is -0.830. The number of halogens is 2. The number of hydrogen-bond acceptors (Lipinski definition) is 1. The van der Waals surface area contributed by atoms with Crippen molar-refractivity contribution >= 4 is 27.5 Å². The molecule has 110 valence electrons. The summed E-state index contributed by atoms with van der Waals surface area (Å²) in [6.45, 7) is 2.21. The summed E-state index contributed by atoms with van der Waals surface area (Å²) in [7, 11) is 0. The van der Waals surface area contributed by atoms with Crippen LogP contribution < -0.4 is 5.32 Å². The Morgan fingerprint density at radius 1 is 1.14 bits per heavy atom. The van der Waals surface area contributed by atoms with Gasteiger partial charge in [0.05, 0.1) is 0 Å². The Labute approximate surface area is 139 Å². The highest BCUT2D eigenvalue weighted by Gasteiger charge is 2.32. The number of nitrogens with one attached hydrogen (secondary N) is 1. The van der Waals surface area contributed by atoms with Gasteiger partial charge in [0.1, 0.15) is 0 Å². The summed E-state index contributed by atoms with van der Waals surface area (Å²) in [5.41, 5.74) is 2.69. The van der Waals surface area contributed by atoms with E-state index in [1.165, 1.54) is 28.4 Å². The van der Waals surface area contributed by atoms with Crippen LogP contribution in [0, 0.1) is 0 Å². The van der Waals surface area contributed by atoms with Crippen LogP contribution >= 0.6 is 27.5 Å². The molecule has 0 heterocycles. The van der Waals surface area contributed by atoms with Gasteiger partial charge >= 0.3 is 0 Å². The fraction of sp³-hybridized carbons (Fsp3) is 0.333. The lowest BCUT2D eigenvalue weighted by Gasteiger charge is -2.38. The molecule has 0 aromatic heterocycles. The van der Waals surface area contributed by atoms with Crippen molar-refractivity contribution in [2.24, 2.45) is 0 Å². The van der Waals surface area contributed by atoms with Gasteiger partial charge in [0.25, 0.3) is 0 Å². The molecule has 0 amide bonds. The van der Waals surface area contributed by atoms with Crippen molar-refractivity contribution in [3.8, 4) is 0 Å². The Balaban J connectivity index is 1.56. The van der Waals surface area contributed by atoms with E-state index < -0.39 is 0 Å². The van der Waals surface area contributed by atoms with E-state index in [-0.39, 0.29) is 0 Å². The van der Waals surface area contributed by atoms with Gasteiger partial charge in [-0.3, -0.25) is 0 Å². The molecule has 1 aliphatic rings. The molecule has 0 saturated heterocycles. The van der Waals surface area contributed by atoms with E-state index in [9.17, 15) is 0 Å². The summed E-state index contributed by atoms with van der Waals surface area (Å²) in [4.78, 5) is 0. The monoisotopic (exact) mass is 363 g/mol. The molecule has 0 aliphatic heterocycles. The Bertz CT molecular complexity index is 622. The molecule has 0 spiro atoms. The molecule has 1 nitrogen and oxygen atoms in total. The molecule has 1 aliphatic carbocycles. The van der Waals surface area contributed by atoms with Crippen molar-refractivity contribution in [1.82, 2.24) is 5.32 Å². The van der Waals surface area contributed by atoms with Crippen LogP contribution in [0.25, 0.3) is 0 Å². The fourth-order valence-corrected chi connectivity index (χ4v) is 3.85. The molecule has 1 atom stereocenters. The fourth-order valence-electron chi connectivity index (χ4n) is 3.04. The molecule has 21 heavy (non-hydrogen) atoms. The normalized spacial score (nSPS) is 22.6. The van der Waals surface area contributed by atoms with Crippen molar-refractivity contribution in [3.63, 3.8) is 0 Å². The lowest BCUT2D eigenvalue weighted by Crippen LogP contribution is -2.41. The van der Waals surface area contributed by atoms with E-state index in [1.807, 2.05) is 18.2 Å². The SMILES string of the molecule is C[C@H](NC1CC(c2ccccc2Br)C1)c1cccc(Cl)c1. The van der Waals surface area contributed by atoms with Crippen molar-refractivity contribution in [2.75, 3.05) is 0 Å². The molecule has 1 fully saturated rings. The molecule has 0 unspecified atom stereocenters. The second-order valence-corrected chi connectivity index (χ2v) is 7.12. The zero-order chi connectivity index (χ0) is 14.8. The Morgan fingerprint density at radius 3 is 2.62 bits per heavy atom. The average molecular weight is 365 g/mol. The predicted molar refractivity (Wildman–Crippen MR) is 92.9 cm³/mol. The van der Waals surface area contributed by atoms with Crippen molar-refractivity contribution in [1.29, 1.82) is 0 Å². The van der Waals surface area contributed by atoms with E-state index in [4.69, 9.17) is 11.6 Å². The highest BCUT2D eigenvalue weighted by Crippen LogP contribution is 2.40. The summed E-state index contributed by atoms with van der Waals surface area (Å²) in [6.07, 6.45) is 2.40. The van der Waals surface area contributed by atoms with E-state index in [0.717, 1.165) is 5.02 Å². The average Bonchev–Trinajstić information content (AvgIpc) is 2.43. The second kappa shape index (κ2) is 6.51. The van der Waals surface area contributed by atoms with Gasteiger partial charge in [-0.2, -0.15) is 0 Å². The Morgan fingerprint density at radius 2 is 1.90 bits per heavy atom. The van der Waals surface area contributed by atoms with Crippen molar-refractivity contribution in [3.05, 3.63) is 69.2 Å². The van der Waals surface area contributed by atoms with Gasteiger partial charge in [-0.25, -0.2) is 0 Å². The minimum atomic E-state index is 0.342. The molecule has 0 radical (unpaired) electrons. The molecule has 0 bridgehead atoms. The zero-order valence-electron chi connectivity index (χ0n) is 12.0. The van der Waals surface area contributed by atoms with Gasteiger partial charge in [-0.1, -0.05) is 57.9 Å². The molecule has 2 aromatic rings. The van der Waals surface area contributed by atoms with Gasteiger partial charge in [-0.05, 0) is 55.0 Å². The smallest absolute Gasteiger partial charge is 0.0409 e. The van der Waals surface area contributed by atoms with E-state index >= 15 is 0 Å². The van der Waals surface area contributed by atoms with Crippen LogP contribution in [0.3, 0.4) is 0 Å². The van der Waals surface area contributed by atoms with Gasteiger partial charge in [0, 0.05) is 21.6 Å². The van der Waals surface area contributed by atoms with Crippen LogP contribution in [0.2, 0.25) is 5.02 Å². The maximum Gasteiger partial charge on any atom is 0.0409 e. The standard InChI is InChI=1S/C18H19BrClN/c1-12(13-5-4-6-15(20)9-13)21-16-10-14(11-16)17-7-2-3-8-18(17)19/h2-9,12,14,16,21H,10-11H2,1H3/t12-,14?,16?/m0/s1. The highest BCUT2D eigenvalue weighted by atomic mass is 79.9. The van der Waals surface area contributed by atoms with E-state index in [2.05, 4.69) is 58.5 Å². The topological polar surface area (TPSA) is 12.0 Å². The molecule has 1 saturated carbocycles. The maximum atomic E-state index is 6.06. The van der Waals surface area contributed by atoms with Crippen molar-refractivity contribution < 1.29 is 0 Å². The van der Waals surface area contributed by atoms with Gasteiger partial charge < -0.3 is 5.32 Å².